The van der Waals surface area contributed by atoms with Crippen molar-refractivity contribution in [3.63, 3.8) is 0 Å². The number of hydrogen-bond acceptors (Lipinski definition) is 0. The summed E-state index contributed by atoms with van der Waals surface area (Å²) in [5.41, 5.74) is 5.98. The molecule has 3 radical (unpaired) electrons. The van der Waals surface area contributed by atoms with E-state index in [2.05, 4.69) is 110 Å². The number of rotatable bonds is 7. The van der Waals surface area contributed by atoms with Crippen molar-refractivity contribution in [3.8, 4) is 0 Å². The quantitative estimate of drug-likeness (QED) is 0.251. The summed E-state index contributed by atoms with van der Waals surface area (Å²) in [5.74, 6) is 0.654. The second-order valence-corrected chi connectivity index (χ2v) is 17.8. The van der Waals surface area contributed by atoms with Crippen LogP contribution in [0.3, 0.4) is 0 Å². The smallest absolute Gasteiger partial charge is 0.358 e. The Labute approximate surface area is 231 Å². The summed E-state index contributed by atoms with van der Waals surface area (Å²) in [6.45, 7) is 21.4. The summed E-state index contributed by atoms with van der Waals surface area (Å²) in [7, 11) is -0.628. The molecule has 0 N–H and O–H groups in total. The molecule has 3 atom stereocenters. The Bertz CT molecular complexity index is 960. The Morgan fingerprint density at radius 3 is 2.15 bits per heavy atom. The Hall–Kier alpha value is -0.672. The normalized spacial score (nSPS) is 24.7. The largest absolute Gasteiger partial charge is 3.00 e. The van der Waals surface area contributed by atoms with Crippen LogP contribution in [0.25, 0.3) is 0 Å². The van der Waals surface area contributed by atoms with E-state index >= 15 is 0 Å². The summed E-state index contributed by atoms with van der Waals surface area (Å²) in [6, 6.07) is 7.40. The van der Waals surface area contributed by atoms with Gasteiger partial charge >= 0.3 is 21.7 Å². The third-order valence-electron chi connectivity index (χ3n) is 7.83. The summed E-state index contributed by atoms with van der Waals surface area (Å²) < 4.78 is 0. The van der Waals surface area contributed by atoms with Crippen molar-refractivity contribution in [2.75, 3.05) is 0 Å². The van der Waals surface area contributed by atoms with Crippen molar-refractivity contribution in [1.82, 2.24) is 0 Å². The molecule has 0 bridgehead atoms. The molecule has 0 fully saturated rings. The van der Waals surface area contributed by atoms with Crippen molar-refractivity contribution < 1.29 is 21.7 Å². The minimum absolute atomic E-state index is 0. The third-order valence-corrected chi connectivity index (χ3v) is 11.5. The van der Waals surface area contributed by atoms with Gasteiger partial charge in [0.05, 0.1) is 17.6 Å². The molecule has 0 nitrogen and oxygen atoms in total. The van der Waals surface area contributed by atoms with Crippen molar-refractivity contribution in [1.29, 1.82) is 0 Å². The Balaban J connectivity index is 0.00000363. The van der Waals surface area contributed by atoms with Gasteiger partial charge in [0.25, 0.3) is 0 Å². The molecular weight excluding hydrogens is 476 g/mol. The molecule has 2 aliphatic rings. The summed E-state index contributed by atoms with van der Waals surface area (Å²) in [6.07, 6.45) is 17.0. The Morgan fingerprint density at radius 2 is 1.68 bits per heavy atom. The van der Waals surface area contributed by atoms with Crippen LogP contribution in [0.15, 0.2) is 59.2 Å². The molecule has 3 heteroatoms. The van der Waals surface area contributed by atoms with Crippen LogP contribution >= 0.6 is 0 Å². The average Bonchev–Trinajstić information content (AvgIpc) is 2.90. The average molecular weight is 524 g/mol. The molecule has 1 aromatic carbocycles. The molecule has 3 unspecified atom stereocenters. The first-order valence-corrected chi connectivity index (χ1v) is 16.5. The van der Waals surface area contributed by atoms with Gasteiger partial charge in [-0.25, -0.2) is 5.57 Å². The van der Waals surface area contributed by atoms with Crippen LogP contribution < -0.4 is 10.4 Å². The molecule has 2 aliphatic carbocycles. The molecule has 0 saturated carbocycles. The SMILES string of the molecule is CCC(C)C1(CC2([Si]c3cc(C)cc([Si](C)(C)C)c3)[C-]=C(C)C(C)=C2C)C=CC=CC1.[CH3-].[CH3-].[Ti+3]. The van der Waals surface area contributed by atoms with E-state index in [1.165, 1.54) is 28.3 Å². The fraction of sp³-hybridized carbons (Fsp3) is 0.484. The standard InChI is InChI=1S/C29H41Si2.2CH3.Ti/c1-10-23(4)28(14-12-11-13-15-28)20-29(19-22(3)24(5)25(29)6)30-26-16-21(2)17-27(18-26)31(7,8)9;;;/h11-14,16-18,23H,10,15,20H2,1-9H3;2*1H3;/q3*-1;+3. The van der Waals surface area contributed by atoms with Gasteiger partial charge in [0, 0.05) is 0 Å². The van der Waals surface area contributed by atoms with Crippen molar-refractivity contribution in [3.05, 3.63) is 85.7 Å². The number of aryl methyl sites for hydroxylation is 1. The fourth-order valence-corrected chi connectivity index (χ4v) is 8.70. The Morgan fingerprint density at radius 1 is 1.03 bits per heavy atom. The molecular formula is C31H47Si2Ti. The van der Waals surface area contributed by atoms with Gasteiger partial charge in [0.1, 0.15) is 0 Å². The van der Waals surface area contributed by atoms with Crippen LogP contribution in [-0.2, 0) is 21.7 Å². The first kappa shape index (κ1) is 33.3. The number of allylic oxidation sites excluding steroid dienone is 8. The summed E-state index contributed by atoms with van der Waals surface area (Å²) >= 11 is 0. The number of hydrogen-bond donors (Lipinski definition) is 0. The van der Waals surface area contributed by atoms with E-state index in [4.69, 9.17) is 0 Å². The van der Waals surface area contributed by atoms with E-state index < -0.39 is 8.07 Å². The maximum atomic E-state index is 4.05. The van der Waals surface area contributed by atoms with Gasteiger partial charge in [-0.3, -0.25) is 6.08 Å². The maximum absolute atomic E-state index is 4.05. The van der Waals surface area contributed by atoms with E-state index in [1.807, 2.05) is 0 Å². The summed E-state index contributed by atoms with van der Waals surface area (Å²) in [4.78, 5) is 0. The molecule has 0 saturated heterocycles. The first-order chi connectivity index (χ1) is 14.4. The van der Waals surface area contributed by atoms with E-state index in [-0.39, 0.29) is 47.0 Å². The van der Waals surface area contributed by atoms with Crippen molar-refractivity contribution in [2.24, 2.45) is 11.3 Å². The van der Waals surface area contributed by atoms with Crippen LogP contribution in [0.4, 0.5) is 0 Å². The minimum Gasteiger partial charge on any atom is -0.358 e. The molecule has 34 heavy (non-hydrogen) atoms. The predicted molar refractivity (Wildman–Crippen MR) is 155 cm³/mol. The zero-order chi connectivity index (χ0) is 23.0. The van der Waals surface area contributed by atoms with E-state index in [9.17, 15) is 0 Å². The summed E-state index contributed by atoms with van der Waals surface area (Å²) in [5, 5.41) is 3.11. The van der Waals surface area contributed by atoms with Gasteiger partial charge in [-0.15, -0.1) is 6.92 Å². The third kappa shape index (κ3) is 6.75. The molecule has 3 rings (SSSR count). The second-order valence-electron chi connectivity index (χ2n) is 11.1. The minimum atomic E-state index is -1.35. The van der Waals surface area contributed by atoms with Crippen LogP contribution in [0.2, 0.25) is 24.7 Å². The maximum Gasteiger partial charge on any atom is 3.00 e. The van der Waals surface area contributed by atoms with Gasteiger partial charge in [-0.2, -0.15) is 11.1 Å². The molecule has 0 spiro atoms. The molecule has 0 heterocycles. The van der Waals surface area contributed by atoms with E-state index in [0.29, 0.717) is 5.92 Å². The van der Waals surface area contributed by atoms with Crippen molar-refractivity contribution in [2.45, 2.75) is 85.5 Å². The van der Waals surface area contributed by atoms with E-state index in [0.717, 1.165) is 22.4 Å². The molecule has 1 aromatic rings. The van der Waals surface area contributed by atoms with Gasteiger partial charge in [0.2, 0.25) is 0 Å². The predicted octanol–water partition coefficient (Wildman–Crippen LogP) is 7.96. The molecule has 183 valence electrons. The van der Waals surface area contributed by atoms with Gasteiger partial charge < -0.3 is 14.9 Å². The van der Waals surface area contributed by atoms with Gasteiger partial charge in [0.15, 0.2) is 0 Å². The van der Waals surface area contributed by atoms with Crippen LogP contribution in [0.1, 0.15) is 59.4 Å². The monoisotopic (exact) mass is 523 g/mol. The fourth-order valence-electron chi connectivity index (χ4n) is 5.24. The van der Waals surface area contributed by atoms with Crippen LogP contribution in [0.5, 0.6) is 0 Å². The topological polar surface area (TPSA) is 0 Å². The Kier molecular flexibility index (Phi) is 12.3. The molecule has 0 aliphatic heterocycles. The first-order valence-electron chi connectivity index (χ1n) is 12.0. The zero-order valence-electron chi connectivity index (χ0n) is 23.7. The van der Waals surface area contributed by atoms with E-state index in [1.54, 1.807) is 10.8 Å². The van der Waals surface area contributed by atoms with Gasteiger partial charge in [-0.1, -0.05) is 124 Å². The molecule has 0 aromatic heterocycles. The second kappa shape index (κ2) is 12.5. The van der Waals surface area contributed by atoms with Crippen molar-refractivity contribution >= 4 is 28.0 Å². The zero-order valence-corrected chi connectivity index (χ0v) is 27.3. The van der Waals surface area contributed by atoms with Crippen LogP contribution in [0, 0.1) is 39.2 Å². The van der Waals surface area contributed by atoms with Crippen LogP contribution in [-0.4, -0.2) is 17.6 Å². The van der Waals surface area contributed by atoms with Gasteiger partial charge in [-0.05, 0) is 24.7 Å². The number of benzene rings is 1. The molecule has 0 amide bonds.